The van der Waals surface area contributed by atoms with E-state index in [1.54, 1.807) is 18.2 Å². The van der Waals surface area contributed by atoms with Crippen molar-refractivity contribution in [2.45, 2.75) is 5.75 Å². The van der Waals surface area contributed by atoms with Crippen LogP contribution in [0.15, 0.2) is 59.2 Å². The molecule has 0 bridgehead atoms. The summed E-state index contributed by atoms with van der Waals surface area (Å²) in [6, 6.07) is 13.9. The van der Waals surface area contributed by atoms with Crippen LogP contribution in [0.2, 0.25) is 5.02 Å². The third-order valence-corrected chi connectivity index (χ3v) is 5.53. The number of benzene rings is 2. The molecule has 0 fully saturated rings. The molecule has 0 atom stereocenters. The van der Waals surface area contributed by atoms with Crippen molar-refractivity contribution in [1.29, 1.82) is 0 Å². The van der Waals surface area contributed by atoms with Gasteiger partial charge < -0.3 is 0 Å². The Kier molecular flexibility index (Phi) is 5.20. The van der Waals surface area contributed by atoms with Crippen molar-refractivity contribution in [3.8, 4) is 0 Å². The van der Waals surface area contributed by atoms with E-state index >= 15 is 0 Å². The van der Waals surface area contributed by atoms with Crippen molar-refractivity contribution in [3.63, 3.8) is 0 Å². The third kappa shape index (κ3) is 4.05. The van der Waals surface area contributed by atoms with Crippen molar-refractivity contribution in [3.05, 3.63) is 76.2 Å². The highest BCUT2D eigenvalue weighted by Gasteiger charge is 2.23. The molecule has 6 heteroatoms. The van der Waals surface area contributed by atoms with Crippen LogP contribution in [0.4, 0.5) is 4.39 Å². The van der Waals surface area contributed by atoms with Gasteiger partial charge in [-0.15, -0.1) is 0 Å². The summed E-state index contributed by atoms with van der Waals surface area (Å²) in [7, 11) is 0. The van der Waals surface area contributed by atoms with Crippen LogP contribution < -0.4 is 0 Å². The lowest BCUT2D eigenvalue weighted by Crippen LogP contribution is -1.89. The predicted molar refractivity (Wildman–Crippen MR) is 97.2 cm³/mol. The maximum absolute atomic E-state index is 13.7. The van der Waals surface area contributed by atoms with E-state index in [0.29, 0.717) is 20.7 Å². The normalized spacial score (nSPS) is 16.0. The van der Waals surface area contributed by atoms with Gasteiger partial charge in [-0.3, -0.25) is 4.79 Å². The van der Waals surface area contributed by atoms with Crippen molar-refractivity contribution in [2.24, 2.45) is 4.99 Å². The molecule has 1 heterocycles. The minimum absolute atomic E-state index is 0.171. The van der Waals surface area contributed by atoms with E-state index < -0.39 is 0 Å². The van der Waals surface area contributed by atoms with Gasteiger partial charge >= 0.3 is 0 Å². The number of thioether (sulfide) groups is 2. The van der Waals surface area contributed by atoms with E-state index in [0.717, 1.165) is 17.3 Å². The Morgan fingerprint density at radius 3 is 2.70 bits per heavy atom. The van der Waals surface area contributed by atoms with E-state index in [1.165, 1.54) is 23.9 Å². The second-order valence-electron chi connectivity index (χ2n) is 4.70. The van der Waals surface area contributed by atoms with E-state index in [-0.39, 0.29) is 16.6 Å². The molecule has 23 heavy (non-hydrogen) atoms. The van der Waals surface area contributed by atoms with E-state index in [9.17, 15) is 9.18 Å². The fourth-order valence-corrected chi connectivity index (χ4v) is 4.07. The first-order chi connectivity index (χ1) is 11.1. The molecule has 2 aromatic carbocycles. The minimum atomic E-state index is -0.370. The molecule has 0 amide bonds. The molecule has 0 spiro atoms. The Labute approximate surface area is 146 Å². The van der Waals surface area contributed by atoms with E-state index in [2.05, 4.69) is 4.99 Å². The van der Waals surface area contributed by atoms with Gasteiger partial charge in [-0.1, -0.05) is 59.8 Å². The zero-order valence-electron chi connectivity index (χ0n) is 11.8. The Morgan fingerprint density at radius 2 is 1.91 bits per heavy atom. The molecule has 0 radical (unpaired) electrons. The van der Waals surface area contributed by atoms with Crippen LogP contribution >= 0.6 is 35.1 Å². The highest BCUT2D eigenvalue weighted by Crippen LogP contribution is 2.33. The summed E-state index contributed by atoms with van der Waals surface area (Å²) in [6.07, 6.45) is 1.48. The lowest BCUT2D eigenvalue weighted by atomic mass is 10.2. The van der Waals surface area contributed by atoms with Crippen molar-refractivity contribution in [1.82, 2.24) is 0 Å². The van der Waals surface area contributed by atoms with Crippen LogP contribution in [0.3, 0.4) is 0 Å². The Morgan fingerprint density at radius 1 is 1.17 bits per heavy atom. The second kappa shape index (κ2) is 7.34. The molecule has 0 saturated heterocycles. The highest BCUT2D eigenvalue weighted by atomic mass is 35.5. The Balaban J connectivity index is 1.74. The number of aliphatic imine (C=N–C) groups is 1. The van der Waals surface area contributed by atoms with Crippen LogP contribution in [0, 0.1) is 5.82 Å². The van der Waals surface area contributed by atoms with Gasteiger partial charge in [0.15, 0.2) is 0 Å². The van der Waals surface area contributed by atoms with Crippen LogP contribution in [-0.2, 0) is 10.5 Å². The lowest BCUT2D eigenvalue weighted by molar-refractivity contribution is -0.107. The number of carbonyl (C=O) groups is 1. The SMILES string of the molecule is O=C1SC(SCc2ccccc2Cl)=N/C1=C/c1ccccc1F. The number of carbonyl (C=O) groups excluding carboxylic acids is 1. The monoisotopic (exact) mass is 363 g/mol. The molecular weight excluding hydrogens is 353 g/mol. The van der Waals surface area contributed by atoms with Crippen LogP contribution in [0.1, 0.15) is 11.1 Å². The van der Waals surface area contributed by atoms with Gasteiger partial charge in [0.25, 0.3) is 0 Å². The van der Waals surface area contributed by atoms with Gasteiger partial charge in [0, 0.05) is 16.3 Å². The van der Waals surface area contributed by atoms with E-state index in [4.69, 9.17) is 11.6 Å². The maximum Gasteiger partial charge on any atom is 0.244 e. The number of nitrogens with zero attached hydrogens (tertiary/aromatic N) is 1. The summed E-state index contributed by atoms with van der Waals surface area (Å²) in [5.41, 5.74) is 1.61. The lowest BCUT2D eigenvalue weighted by Gasteiger charge is -2.02. The average Bonchev–Trinajstić information content (AvgIpc) is 2.89. The molecule has 0 N–H and O–H groups in total. The fourth-order valence-electron chi connectivity index (χ4n) is 1.95. The zero-order chi connectivity index (χ0) is 16.2. The molecule has 0 aliphatic carbocycles. The molecule has 2 aromatic rings. The number of halogens is 2. The first kappa shape index (κ1) is 16.3. The van der Waals surface area contributed by atoms with Gasteiger partial charge in [0.05, 0.1) is 0 Å². The molecule has 2 nitrogen and oxygen atoms in total. The van der Waals surface area contributed by atoms with E-state index in [1.807, 2.05) is 24.3 Å². The predicted octanol–water partition coefficient (Wildman–Crippen LogP) is 5.38. The highest BCUT2D eigenvalue weighted by molar-refractivity contribution is 8.45. The molecule has 3 rings (SSSR count). The van der Waals surface area contributed by atoms with Gasteiger partial charge in [-0.05, 0) is 35.5 Å². The number of hydrogen-bond acceptors (Lipinski definition) is 4. The summed E-state index contributed by atoms with van der Waals surface area (Å²) in [6.45, 7) is 0. The molecule has 1 aliphatic heterocycles. The standard InChI is InChI=1S/C17H11ClFNOS2/c18-13-7-3-1-6-12(13)10-22-17-20-15(16(21)23-17)9-11-5-2-4-8-14(11)19/h1-9H,10H2/b15-9+. The molecule has 116 valence electrons. The summed E-state index contributed by atoms with van der Waals surface area (Å²) in [5, 5.41) is 0.520. The molecular formula is C17H11ClFNOS2. The summed E-state index contributed by atoms with van der Waals surface area (Å²) >= 11 is 8.62. The van der Waals surface area contributed by atoms with Gasteiger partial charge in [0.1, 0.15) is 15.9 Å². The van der Waals surface area contributed by atoms with Crippen LogP contribution in [-0.4, -0.2) is 9.49 Å². The molecule has 0 saturated carbocycles. The third-order valence-electron chi connectivity index (χ3n) is 3.11. The smallest absolute Gasteiger partial charge is 0.244 e. The maximum atomic E-state index is 13.7. The Bertz CT molecular complexity index is 820. The van der Waals surface area contributed by atoms with Gasteiger partial charge in [0.2, 0.25) is 5.12 Å². The van der Waals surface area contributed by atoms with Crippen LogP contribution in [0.5, 0.6) is 0 Å². The summed E-state index contributed by atoms with van der Waals surface area (Å²) in [4.78, 5) is 16.3. The topological polar surface area (TPSA) is 29.4 Å². The largest absolute Gasteiger partial charge is 0.279 e. The molecule has 0 unspecified atom stereocenters. The average molecular weight is 364 g/mol. The van der Waals surface area contributed by atoms with Crippen LogP contribution in [0.25, 0.3) is 6.08 Å². The minimum Gasteiger partial charge on any atom is -0.279 e. The fraction of sp³-hybridized carbons (Fsp3) is 0.0588. The molecule has 1 aliphatic rings. The van der Waals surface area contributed by atoms with Crippen molar-refractivity contribution >= 4 is 50.7 Å². The Hall–Kier alpha value is -1.56. The quantitative estimate of drug-likeness (QED) is 0.685. The van der Waals surface area contributed by atoms with Crippen molar-refractivity contribution in [2.75, 3.05) is 0 Å². The van der Waals surface area contributed by atoms with Gasteiger partial charge in [-0.2, -0.15) is 0 Å². The first-order valence-electron chi connectivity index (χ1n) is 6.77. The first-order valence-corrected chi connectivity index (χ1v) is 8.95. The van der Waals surface area contributed by atoms with Gasteiger partial charge in [-0.25, -0.2) is 9.38 Å². The summed E-state index contributed by atoms with van der Waals surface area (Å²) < 4.78 is 14.3. The van der Waals surface area contributed by atoms with Crippen molar-refractivity contribution < 1.29 is 9.18 Å². The molecule has 0 aromatic heterocycles. The second-order valence-corrected chi connectivity index (χ2v) is 7.29. The number of rotatable bonds is 3. The zero-order valence-corrected chi connectivity index (χ0v) is 14.2. The number of hydrogen-bond donors (Lipinski definition) is 0. The summed E-state index contributed by atoms with van der Waals surface area (Å²) in [5.74, 6) is 0.261.